The molecule has 0 heterocycles. The van der Waals surface area contributed by atoms with Crippen LogP contribution in [0.5, 0.6) is 0 Å². The van der Waals surface area contributed by atoms with Crippen molar-refractivity contribution in [2.45, 2.75) is 13.3 Å². The molecule has 0 spiro atoms. The van der Waals surface area contributed by atoms with Crippen LogP contribution in [0.2, 0.25) is 0 Å². The van der Waals surface area contributed by atoms with Crippen molar-refractivity contribution in [1.29, 1.82) is 0 Å². The average molecular weight is 238 g/mol. The van der Waals surface area contributed by atoms with Gasteiger partial charge in [0.1, 0.15) is 0 Å². The zero-order valence-corrected chi connectivity index (χ0v) is 10.1. The van der Waals surface area contributed by atoms with Crippen molar-refractivity contribution in [1.82, 2.24) is 0 Å². The third-order valence-electron chi connectivity index (χ3n) is 2.87. The van der Waals surface area contributed by atoms with E-state index < -0.39 is 10.1 Å². The first-order chi connectivity index (χ1) is 7.54. The quantitative estimate of drug-likeness (QED) is 0.742. The molecular formula is C12H14O3S. The van der Waals surface area contributed by atoms with Crippen LogP contribution in [0.3, 0.4) is 0 Å². The van der Waals surface area contributed by atoms with E-state index in [4.69, 9.17) is 0 Å². The molecule has 1 aliphatic carbocycles. The Balaban J connectivity index is 2.54. The Morgan fingerprint density at radius 2 is 2.00 bits per heavy atom. The number of rotatable bonds is 2. The summed E-state index contributed by atoms with van der Waals surface area (Å²) in [6, 6.07) is 7.82. The second-order valence-electron chi connectivity index (χ2n) is 3.97. The Labute approximate surface area is 95.9 Å². The topological polar surface area (TPSA) is 43.4 Å². The van der Waals surface area contributed by atoms with Gasteiger partial charge >= 0.3 is 0 Å². The highest BCUT2D eigenvalue weighted by molar-refractivity contribution is 7.90. The van der Waals surface area contributed by atoms with Gasteiger partial charge in [0.15, 0.2) is 0 Å². The monoisotopic (exact) mass is 238 g/mol. The van der Waals surface area contributed by atoms with Gasteiger partial charge in [-0.05, 0) is 29.5 Å². The molecule has 1 unspecified atom stereocenters. The van der Waals surface area contributed by atoms with Crippen molar-refractivity contribution in [3.05, 3.63) is 40.3 Å². The van der Waals surface area contributed by atoms with Crippen molar-refractivity contribution >= 4 is 16.2 Å². The van der Waals surface area contributed by atoms with E-state index >= 15 is 0 Å². The second kappa shape index (κ2) is 4.03. The third-order valence-corrected chi connectivity index (χ3v) is 4.41. The third kappa shape index (κ3) is 1.90. The molecule has 4 heteroatoms. The zero-order chi connectivity index (χ0) is 11.8. The zero-order valence-electron chi connectivity index (χ0n) is 9.30. The fraction of sp³-hybridized carbons (Fsp3) is 0.333. The minimum absolute atomic E-state index is 0.0279. The maximum absolute atomic E-state index is 11.7. The highest BCUT2D eigenvalue weighted by atomic mass is 32.2. The summed E-state index contributed by atoms with van der Waals surface area (Å²) in [6.07, 6.45) is 2.45. The Morgan fingerprint density at radius 3 is 2.69 bits per heavy atom. The van der Waals surface area contributed by atoms with Crippen LogP contribution in [0, 0.1) is 5.92 Å². The van der Waals surface area contributed by atoms with Crippen molar-refractivity contribution in [2.24, 2.45) is 5.92 Å². The van der Waals surface area contributed by atoms with Gasteiger partial charge in [-0.2, -0.15) is 8.42 Å². The lowest BCUT2D eigenvalue weighted by atomic mass is 9.91. The van der Waals surface area contributed by atoms with Gasteiger partial charge in [0.25, 0.3) is 10.1 Å². The summed E-state index contributed by atoms with van der Waals surface area (Å²) >= 11 is 0. The van der Waals surface area contributed by atoms with Crippen LogP contribution >= 0.6 is 0 Å². The lowest BCUT2D eigenvalue weighted by Gasteiger charge is -2.21. The standard InChI is InChI=1S/C12H14O3S/c1-9-7-10-5-3-4-6-11(10)8-12(9)16(13,14)15-2/h3-6,8-9H,7H2,1-2H3. The van der Waals surface area contributed by atoms with E-state index in [1.165, 1.54) is 12.7 Å². The Hall–Kier alpha value is -1.13. The molecule has 0 amide bonds. The number of hydrogen-bond donors (Lipinski definition) is 0. The Kier molecular flexibility index (Phi) is 2.86. The number of hydrogen-bond acceptors (Lipinski definition) is 3. The van der Waals surface area contributed by atoms with E-state index in [1.54, 1.807) is 6.08 Å². The van der Waals surface area contributed by atoms with Crippen LogP contribution in [0.4, 0.5) is 0 Å². The molecule has 1 aromatic rings. The molecule has 86 valence electrons. The van der Waals surface area contributed by atoms with Crippen molar-refractivity contribution in [2.75, 3.05) is 7.11 Å². The molecule has 0 saturated carbocycles. The largest absolute Gasteiger partial charge is 0.293 e. The van der Waals surface area contributed by atoms with Crippen LogP contribution < -0.4 is 0 Å². The molecule has 0 fully saturated rings. The van der Waals surface area contributed by atoms with E-state index in [-0.39, 0.29) is 5.92 Å². The van der Waals surface area contributed by atoms with Gasteiger partial charge in [0.05, 0.1) is 12.0 Å². The molecule has 0 aromatic heterocycles. The van der Waals surface area contributed by atoms with Gasteiger partial charge in [-0.3, -0.25) is 4.18 Å². The smallest absolute Gasteiger partial charge is 0.270 e. The summed E-state index contributed by atoms with van der Waals surface area (Å²) < 4.78 is 27.9. The molecule has 3 nitrogen and oxygen atoms in total. The average Bonchev–Trinajstić information content (AvgIpc) is 2.28. The highest BCUT2D eigenvalue weighted by Crippen LogP contribution is 2.31. The van der Waals surface area contributed by atoms with E-state index in [0.29, 0.717) is 4.91 Å². The van der Waals surface area contributed by atoms with Crippen LogP contribution in [-0.2, 0) is 20.7 Å². The first-order valence-electron chi connectivity index (χ1n) is 5.14. The van der Waals surface area contributed by atoms with Gasteiger partial charge < -0.3 is 0 Å². The second-order valence-corrected chi connectivity index (χ2v) is 5.68. The number of fused-ring (bicyclic) bond motifs is 1. The summed E-state index contributed by atoms with van der Waals surface area (Å²) in [6.45, 7) is 1.90. The van der Waals surface area contributed by atoms with Crippen LogP contribution in [0.1, 0.15) is 18.1 Å². The first-order valence-corrected chi connectivity index (χ1v) is 6.55. The molecule has 1 aliphatic rings. The van der Waals surface area contributed by atoms with Crippen LogP contribution in [0.15, 0.2) is 29.2 Å². The SMILES string of the molecule is COS(=O)(=O)C1=Cc2ccccc2CC1C. The Bertz CT molecular complexity index is 529. The van der Waals surface area contributed by atoms with Gasteiger partial charge in [-0.1, -0.05) is 31.2 Å². The van der Waals surface area contributed by atoms with E-state index in [2.05, 4.69) is 4.18 Å². The van der Waals surface area contributed by atoms with E-state index in [9.17, 15) is 8.42 Å². The normalized spacial score (nSPS) is 20.1. The molecule has 1 aromatic carbocycles. The predicted molar refractivity (Wildman–Crippen MR) is 63.2 cm³/mol. The lowest BCUT2D eigenvalue weighted by molar-refractivity contribution is 0.399. The summed E-state index contributed by atoms with van der Waals surface area (Å²) in [7, 11) is -2.35. The van der Waals surface area contributed by atoms with Crippen molar-refractivity contribution in [3.8, 4) is 0 Å². The molecule has 0 saturated heterocycles. The van der Waals surface area contributed by atoms with Crippen LogP contribution in [0.25, 0.3) is 6.08 Å². The fourth-order valence-electron chi connectivity index (χ4n) is 2.00. The van der Waals surface area contributed by atoms with E-state index in [0.717, 1.165) is 12.0 Å². The van der Waals surface area contributed by atoms with E-state index in [1.807, 2.05) is 31.2 Å². The molecule has 0 aliphatic heterocycles. The molecule has 2 rings (SSSR count). The van der Waals surface area contributed by atoms with Gasteiger partial charge in [-0.15, -0.1) is 0 Å². The molecule has 0 bridgehead atoms. The summed E-state index contributed by atoms with van der Waals surface area (Å²) in [5.74, 6) is -0.0279. The maximum atomic E-state index is 11.7. The molecule has 0 radical (unpaired) electrons. The predicted octanol–water partition coefficient (Wildman–Crippen LogP) is 2.20. The molecule has 1 atom stereocenters. The van der Waals surface area contributed by atoms with Gasteiger partial charge in [-0.25, -0.2) is 0 Å². The highest BCUT2D eigenvalue weighted by Gasteiger charge is 2.27. The Morgan fingerprint density at radius 1 is 1.31 bits per heavy atom. The maximum Gasteiger partial charge on any atom is 0.293 e. The fourth-order valence-corrected chi connectivity index (χ4v) is 3.04. The van der Waals surface area contributed by atoms with Crippen LogP contribution in [-0.4, -0.2) is 15.5 Å². The van der Waals surface area contributed by atoms with Gasteiger partial charge in [0.2, 0.25) is 0 Å². The molecule has 0 N–H and O–H groups in total. The van der Waals surface area contributed by atoms with Gasteiger partial charge in [0, 0.05) is 0 Å². The van der Waals surface area contributed by atoms with Crippen molar-refractivity contribution < 1.29 is 12.6 Å². The lowest BCUT2D eigenvalue weighted by Crippen LogP contribution is -2.18. The summed E-state index contributed by atoms with van der Waals surface area (Å²) in [4.78, 5) is 0.369. The van der Waals surface area contributed by atoms with Crippen molar-refractivity contribution in [3.63, 3.8) is 0 Å². The summed E-state index contributed by atoms with van der Waals surface area (Å²) in [5.41, 5.74) is 2.15. The first kappa shape index (κ1) is 11.4. The number of benzene rings is 1. The minimum Gasteiger partial charge on any atom is -0.270 e. The molecular weight excluding hydrogens is 224 g/mol. The molecule has 16 heavy (non-hydrogen) atoms. The summed E-state index contributed by atoms with van der Waals surface area (Å²) in [5, 5.41) is 0. The minimum atomic E-state index is -3.55. The number of allylic oxidation sites excluding steroid dienone is 1.